The molecule has 8 heteroatoms. The van der Waals surface area contributed by atoms with E-state index in [1.165, 1.54) is 21.3 Å². The normalized spacial score (nSPS) is 10.1. The number of anilines is 1. The lowest BCUT2D eigenvalue weighted by Crippen LogP contribution is -2.33. The molecular weight excluding hydrogens is 376 g/mol. The summed E-state index contributed by atoms with van der Waals surface area (Å²) in [6.07, 6.45) is 0.666. The van der Waals surface area contributed by atoms with Gasteiger partial charge in [-0.25, -0.2) is 4.79 Å². The topological polar surface area (TPSA) is 78.5 Å². The molecule has 0 atom stereocenters. The maximum Gasteiger partial charge on any atom is 0.321 e. The third-order valence-electron chi connectivity index (χ3n) is 4.45. The Bertz CT molecular complexity index is 815. The second-order valence-electron chi connectivity index (χ2n) is 6.21. The van der Waals surface area contributed by atoms with Gasteiger partial charge in [-0.15, -0.1) is 0 Å². The summed E-state index contributed by atoms with van der Waals surface area (Å²) < 4.78 is 26.5. The zero-order valence-corrected chi connectivity index (χ0v) is 17.7. The van der Waals surface area contributed by atoms with Crippen LogP contribution in [0.3, 0.4) is 0 Å². The molecule has 0 unspecified atom stereocenters. The summed E-state index contributed by atoms with van der Waals surface area (Å²) in [6, 6.07) is 8.82. The Kier molecular flexibility index (Phi) is 7.82. The quantitative estimate of drug-likeness (QED) is 0.690. The highest BCUT2D eigenvalue weighted by atomic mass is 16.5. The molecule has 0 bridgehead atoms. The van der Waals surface area contributed by atoms with Crippen LogP contribution in [0.2, 0.25) is 0 Å². The van der Waals surface area contributed by atoms with Gasteiger partial charge in [0.25, 0.3) is 0 Å². The average Bonchev–Trinajstić information content (AvgIpc) is 2.76. The van der Waals surface area contributed by atoms with E-state index in [9.17, 15) is 4.79 Å². The molecule has 0 fully saturated rings. The van der Waals surface area contributed by atoms with Gasteiger partial charge in [-0.3, -0.25) is 0 Å². The molecule has 8 nitrogen and oxygen atoms in total. The molecule has 1 N–H and O–H groups in total. The minimum Gasteiger partial charge on any atom is -0.493 e. The van der Waals surface area contributed by atoms with Crippen molar-refractivity contribution in [1.82, 2.24) is 4.90 Å². The number of nitrogens with zero attached hydrogens (tertiary/aromatic N) is 1. The van der Waals surface area contributed by atoms with Gasteiger partial charge in [0, 0.05) is 25.7 Å². The second-order valence-corrected chi connectivity index (χ2v) is 6.21. The molecule has 0 aliphatic heterocycles. The van der Waals surface area contributed by atoms with Gasteiger partial charge in [0.15, 0.2) is 23.0 Å². The van der Waals surface area contributed by atoms with E-state index in [2.05, 4.69) is 5.32 Å². The van der Waals surface area contributed by atoms with E-state index in [4.69, 9.17) is 23.7 Å². The summed E-state index contributed by atoms with van der Waals surface area (Å²) in [6.45, 7) is 0.520. The Morgan fingerprint density at radius 1 is 0.828 bits per heavy atom. The zero-order chi connectivity index (χ0) is 21.4. The van der Waals surface area contributed by atoms with E-state index >= 15 is 0 Å². The molecule has 0 heterocycles. The number of methoxy groups -OCH3 is 5. The average molecular weight is 404 g/mol. The molecule has 0 radical (unpaired) electrons. The first kappa shape index (κ1) is 22.0. The SMILES string of the molecule is COc1ccc(CCN(C)C(=O)Nc2cc(OC)c(OC)c(OC)c2)cc1OC. The van der Waals surface area contributed by atoms with Crippen LogP contribution in [0.1, 0.15) is 5.56 Å². The fourth-order valence-corrected chi connectivity index (χ4v) is 2.81. The van der Waals surface area contributed by atoms with Crippen LogP contribution in [0.4, 0.5) is 10.5 Å². The lowest BCUT2D eigenvalue weighted by molar-refractivity contribution is 0.223. The molecular formula is C21H28N2O6. The highest BCUT2D eigenvalue weighted by Crippen LogP contribution is 2.40. The number of carbonyl (C=O) groups is 1. The zero-order valence-electron chi connectivity index (χ0n) is 17.7. The smallest absolute Gasteiger partial charge is 0.321 e. The van der Waals surface area contributed by atoms with Gasteiger partial charge < -0.3 is 33.9 Å². The highest BCUT2D eigenvalue weighted by Gasteiger charge is 2.16. The first-order valence-electron chi connectivity index (χ1n) is 9.00. The number of carbonyl (C=O) groups excluding carboxylic acids is 1. The van der Waals surface area contributed by atoms with E-state index in [0.717, 1.165) is 5.56 Å². The molecule has 0 aliphatic rings. The number of hydrogen-bond acceptors (Lipinski definition) is 6. The van der Waals surface area contributed by atoms with E-state index < -0.39 is 0 Å². The molecule has 2 aromatic carbocycles. The van der Waals surface area contributed by atoms with Crippen molar-refractivity contribution in [2.24, 2.45) is 0 Å². The predicted octanol–water partition coefficient (Wildman–Crippen LogP) is 3.44. The first-order chi connectivity index (χ1) is 14.0. The summed E-state index contributed by atoms with van der Waals surface area (Å²) in [5.41, 5.74) is 1.58. The van der Waals surface area contributed by atoms with Crippen molar-refractivity contribution in [3.8, 4) is 28.7 Å². The predicted molar refractivity (Wildman–Crippen MR) is 111 cm³/mol. The lowest BCUT2D eigenvalue weighted by atomic mass is 10.1. The van der Waals surface area contributed by atoms with Crippen molar-refractivity contribution in [3.05, 3.63) is 35.9 Å². The van der Waals surface area contributed by atoms with E-state index in [0.29, 0.717) is 47.4 Å². The number of rotatable bonds is 9. The standard InChI is InChI=1S/C21H28N2O6/c1-23(10-9-14-7-8-16(25-2)17(11-14)26-3)21(24)22-15-12-18(27-4)20(29-6)19(13-15)28-5/h7-8,11-13H,9-10H2,1-6H3,(H,22,24). The van der Waals surface area contributed by atoms with Crippen LogP contribution in [0.25, 0.3) is 0 Å². The summed E-state index contributed by atoms with van der Waals surface area (Å²) >= 11 is 0. The fourth-order valence-electron chi connectivity index (χ4n) is 2.81. The van der Waals surface area contributed by atoms with Gasteiger partial charge in [0.2, 0.25) is 5.75 Å². The van der Waals surface area contributed by atoms with Crippen LogP contribution >= 0.6 is 0 Å². The Morgan fingerprint density at radius 2 is 1.41 bits per heavy atom. The van der Waals surface area contributed by atoms with Crippen LogP contribution in [0.5, 0.6) is 28.7 Å². The molecule has 0 spiro atoms. The van der Waals surface area contributed by atoms with Crippen molar-refractivity contribution in [3.63, 3.8) is 0 Å². The van der Waals surface area contributed by atoms with E-state index in [1.807, 2.05) is 18.2 Å². The summed E-state index contributed by atoms with van der Waals surface area (Å²) in [7, 11) is 9.50. The fraction of sp³-hybridized carbons (Fsp3) is 0.381. The van der Waals surface area contributed by atoms with Crippen LogP contribution < -0.4 is 29.0 Å². The minimum absolute atomic E-state index is 0.250. The van der Waals surface area contributed by atoms with Crippen molar-refractivity contribution in [1.29, 1.82) is 0 Å². The minimum atomic E-state index is -0.250. The molecule has 158 valence electrons. The van der Waals surface area contributed by atoms with Gasteiger partial charge in [0.05, 0.1) is 41.2 Å². The number of likely N-dealkylation sites (N-methyl/N-ethyl adjacent to an activating group) is 1. The lowest BCUT2D eigenvalue weighted by Gasteiger charge is -2.20. The molecule has 0 aromatic heterocycles. The Hall–Kier alpha value is -3.29. The summed E-state index contributed by atoms with van der Waals surface area (Å²) in [4.78, 5) is 14.2. The molecule has 2 amide bonds. The maximum atomic E-state index is 12.6. The van der Waals surface area contributed by atoms with E-state index in [-0.39, 0.29) is 6.03 Å². The monoisotopic (exact) mass is 404 g/mol. The van der Waals surface area contributed by atoms with Crippen molar-refractivity contribution < 1.29 is 28.5 Å². The molecule has 0 saturated heterocycles. The maximum absolute atomic E-state index is 12.6. The molecule has 2 rings (SSSR count). The number of ether oxygens (including phenoxy) is 5. The summed E-state index contributed by atoms with van der Waals surface area (Å²) in [5.74, 6) is 2.74. The van der Waals surface area contributed by atoms with E-state index in [1.54, 1.807) is 38.3 Å². The third kappa shape index (κ3) is 5.37. The van der Waals surface area contributed by atoms with Gasteiger partial charge in [-0.05, 0) is 24.1 Å². The van der Waals surface area contributed by atoms with Crippen LogP contribution in [0, 0.1) is 0 Å². The first-order valence-corrected chi connectivity index (χ1v) is 9.00. The van der Waals surface area contributed by atoms with Gasteiger partial charge in [-0.2, -0.15) is 0 Å². The molecule has 0 aliphatic carbocycles. The number of benzene rings is 2. The number of hydrogen-bond donors (Lipinski definition) is 1. The largest absolute Gasteiger partial charge is 0.493 e. The van der Waals surface area contributed by atoms with Crippen molar-refractivity contribution in [2.45, 2.75) is 6.42 Å². The highest BCUT2D eigenvalue weighted by molar-refractivity contribution is 5.90. The van der Waals surface area contributed by atoms with Crippen molar-refractivity contribution >= 4 is 11.7 Å². The molecule has 2 aromatic rings. The van der Waals surface area contributed by atoms with Crippen LogP contribution in [-0.2, 0) is 6.42 Å². The number of nitrogens with one attached hydrogen (secondary N) is 1. The Balaban J connectivity index is 2.04. The number of urea groups is 1. The van der Waals surface area contributed by atoms with Crippen molar-refractivity contribution in [2.75, 3.05) is 54.5 Å². The van der Waals surface area contributed by atoms with Gasteiger partial charge >= 0.3 is 6.03 Å². The molecule has 29 heavy (non-hydrogen) atoms. The third-order valence-corrected chi connectivity index (χ3v) is 4.45. The van der Waals surface area contributed by atoms with Gasteiger partial charge in [0.1, 0.15) is 0 Å². The Morgan fingerprint density at radius 3 is 1.93 bits per heavy atom. The Labute approximate surface area is 171 Å². The second kappa shape index (κ2) is 10.3. The number of amides is 2. The molecule has 0 saturated carbocycles. The van der Waals surface area contributed by atoms with Gasteiger partial charge in [-0.1, -0.05) is 6.07 Å². The summed E-state index contributed by atoms with van der Waals surface area (Å²) in [5, 5.41) is 2.85. The van der Waals surface area contributed by atoms with Crippen LogP contribution in [-0.4, -0.2) is 60.1 Å². The van der Waals surface area contributed by atoms with Crippen LogP contribution in [0.15, 0.2) is 30.3 Å².